The summed E-state index contributed by atoms with van der Waals surface area (Å²) in [5.74, 6) is -4.77. The fourth-order valence-electron chi connectivity index (χ4n) is 3.61. The van der Waals surface area contributed by atoms with Crippen molar-refractivity contribution in [2.75, 3.05) is 33.5 Å². The lowest BCUT2D eigenvalue weighted by molar-refractivity contribution is -0.144. The van der Waals surface area contributed by atoms with Crippen LogP contribution in [0.1, 0.15) is 25.3 Å². The van der Waals surface area contributed by atoms with Crippen LogP contribution in [0.4, 0.5) is 0 Å². The summed E-state index contributed by atoms with van der Waals surface area (Å²) in [5.41, 5.74) is 1.36. The van der Waals surface area contributed by atoms with E-state index in [0.29, 0.717) is 16.3 Å². The van der Waals surface area contributed by atoms with Gasteiger partial charge >= 0.3 is 17.9 Å². The highest BCUT2D eigenvalue weighted by atomic mass is 35.5. The number of aliphatic carboxylic acids is 1. The van der Waals surface area contributed by atoms with Crippen molar-refractivity contribution in [3.63, 3.8) is 0 Å². The Morgan fingerprint density at radius 2 is 1.91 bits per heavy atom. The average Bonchev–Trinajstić information content (AvgIpc) is 2.82. The third-order valence-corrected chi connectivity index (χ3v) is 5.41. The molecule has 2 rings (SSSR count). The zero-order chi connectivity index (χ0) is 26.0. The molecule has 0 radical (unpaired) electrons. The number of halogens is 1. The van der Waals surface area contributed by atoms with E-state index in [1.54, 1.807) is 38.1 Å². The number of carboxylic acids is 1. The SMILES string of the molecule is CCOC(=O)C1=C(COCCNC(=O)C=CC(=O)O)N=C(C)C(C(=O)OC)C1c1ccccc1Cl. The van der Waals surface area contributed by atoms with E-state index in [9.17, 15) is 19.2 Å². The third-order valence-electron chi connectivity index (χ3n) is 5.07. The molecule has 2 N–H and O–H groups in total. The smallest absolute Gasteiger partial charge is 0.336 e. The number of esters is 2. The number of hydrogen-bond donors (Lipinski definition) is 2. The van der Waals surface area contributed by atoms with Gasteiger partial charge in [0.1, 0.15) is 5.92 Å². The van der Waals surface area contributed by atoms with Crippen LogP contribution in [0.5, 0.6) is 0 Å². The van der Waals surface area contributed by atoms with Gasteiger partial charge in [-0.2, -0.15) is 0 Å². The van der Waals surface area contributed by atoms with Crippen LogP contribution in [0.25, 0.3) is 0 Å². The van der Waals surface area contributed by atoms with Gasteiger partial charge < -0.3 is 24.6 Å². The molecular weight excluding hydrogens is 480 g/mol. The van der Waals surface area contributed by atoms with E-state index < -0.39 is 35.7 Å². The maximum atomic E-state index is 13.1. The van der Waals surface area contributed by atoms with Crippen molar-refractivity contribution in [3.8, 4) is 0 Å². The first-order valence-corrected chi connectivity index (χ1v) is 11.1. The topological polar surface area (TPSA) is 141 Å². The average molecular weight is 507 g/mol. The van der Waals surface area contributed by atoms with Crippen molar-refractivity contribution in [1.82, 2.24) is 5.32 Å². The monoisotopic (exact) mass is 506 g/mol. The predicted molar refractivity (Wildman–Crippen MR) is 127 cm³/mol. The Hall–Kier alpha value is -3.50. The highest BCUT2D eigenvalue weighted by molar-refractivity contribution is 6.31. The number of benzene rings is 1. The number of nitrogens with one attached hydrogen (secondary N) is 1. The number of carboxylic acid groups (broad SMARTS) is 1. The van der Waals surface area contributed by atoms with E-state index in [0.717, 1.165) is 12.2 Å². The van der Waals surface area contributed by atoms with Crippen LogP contribution in [0.15, 0.2) is 52.7 Å². The Balaban J connectivity index is 2.34. The first kappa shape index (κ1) is 27.7. The molecule has 0 spiro atoms. The van der Waals surface area contributed by atoms with Crippen LogP contribution in [0.3, 0.4) is 0 Å². The standard InChI is InChI=1S/C24H27ClN2O8/c1-4-35-24(32)22-17(13-34-12-11-26-18(28)9-10-19(29)30)27-14(2)20(23(31)33-3)21(22)15-7-5-6-8-16(15)25/h5-10,20-21H,4,11-13H2,1-3H3,(H,26,28)(H,29,30). The number of ether oxygens (including phenoxy) is 3. The molecule has 1 aliphatic rings. The van der Waals surface area contributed by atoms with Gasteiger partial charge in [-0.3, -0.25) is 14.6 Å². The van der Waals surface area contributed by atoms with E-state index in [2.05, 4.69) is 10.3 Å². The van der Waals surface area contributed by atoms with Crippen LogP contribution in [0, 0.1) is 5.92 Å². The Morgan fingerprint density at radius 3 is 2.54 bits per heavy atom. The van der Waals surface area contributed by atoms with E-state index >= 15 is 0 Å². The van der Waals surface area contributed by atoms with E-state index in [1.165, 1.54) is 7.11 Å². The van der Waals surface area contributed by atoms with Crippen LogP contribution >= 0.6 is 11.6 Å². The van der Waals surface area contributed by atoms with Gasteiger partial charge in [-0.15, -0.1) is 0 Å². The van der Waals surface area contributed by atoms with Gasteiger partial charge in [-0.1, -0.05) is 29.8 Å². The van der Waals surface area contributed by atoms with Crippen molar-refractivity contribution in [2.24, 2.45) is 10.9 Å². The molecule has 1 aliphatic heterocycles. The molecule has 10 nitrogen and oxygen atoms in total. The second-order valence-electron chi connectivity index (χ2n) is 7.35. The van der Waals surface area contributed by atoms with Crippen molar-refractivity contribution >= 4 is 41.1 Å². The minimum atomic E-state index is -1.24. The molecule has 0 bridgehead atoms. The van der Waals surface area contributed by atoms with E-state index in [-0.39, 0.29) is 37.6 Å². The van der Waals surface area contributed by atoms with Crippen LogP contribution in [0.2, 0.25) is 5.02 Å². The lowest BCUT2D eigenvalue weighted by Crippen LogP contribution is -2.37. The molecule has 0 fully saturated rings. The third kappa shape index (κ3) is 7.49. The summed E-state index contributed by atoms with van der Waals surface area (Å²) in [6, 6.07) is 6.86. The van der Waals surface area contributed by atoms with Crippen molar-refractivity contribution in [3.05, 3.63) is 58.3 Å². The summed E-state index contributed by atoms with van der Waals surface area (Å²) in [6.45, 7) is 3.46. The molecule has 1 heterocycles. The number of carbonyl (C=O) groups excluding carboxylic acids is 3. The van der Waals surface area contributed by atoms with Gasteiger partial charge in [-0.25, -0.2) is 9.59 Å². The van der Waals surface area contributed by atoms with Crippen LogP contribution in [-0.2, 0) is 33.4 Å². The summed E-state index contributed by atoms with van der Waals surface area (Å²) in [6.07, 6.45) is 1.61. The Kier molecular flexibility index (Phi) is 10.6. The van der Waals surface area contributed by atoms with Crippen LogP contribution in [-0.4, -0.2) is 68.1 Å². The zero-order valence-electron chi connectivity index (χ0n) is 19.6. The molecule has 11 heteroatoms. The van der Waals surface area contributed by atoms with E-state index in [4.69, 9.17) is 30.9 Å². The summed E-state index contributed by atoms with van der Waals surface area (Å²) in [7, 11) is 1.26. The minimum Gasteiger partial charge on any atom is -0.478 e. The molecule has 1 aromatic rings. The van der Waals surface area contributed by atoms with Gasteiger partial charge in [0.2, 0.25) is 5.91 Å². The first-order chi connectivity index (χ1) is 16.7. The number of nitrogens with zero attached hydrogens (tertiary/aromatic N) is 1. The summed E-state index contributed by atoms with van der Waals surface area (Å²) >= 11 is 6.45. The fraction of sp³-hybridized carbons (Fsp3) is 0.375. The molecule has 0 saturated heterocycles. The quantitative estimate of drug-likeness (QED) is 0.264. The van der Waals surface area contributed by atoms with Crippen molar-refractivity contribution in [2.45, 2.75) is 19.8 Å². The fourth-order valence-corrected chi connectivity index (χ4v) is 3.86. The second-order valence-corrected chi connectivity index (χ2v) is 7.76. The van der Waals surface area contributed by atoms with Gasteiger partial charge in [0.15, 0.2) is 0 Å². The maximum absolute atomic E-state index is 13.1. The summed E-state index contributed by atoms with van der Waals surface area (Å²) in [4.78, 5) is 52.3. The number of aliphatic imine (C=N–C) groups is 1. The number of hydrogen-bond acceptors (Lipinski definition) is 8. The van der Waals surface area contributed by atoms with Gasteiger partial charge in [-0.05, 0) is 25.5 Å². The normalized spacial score (nSPS) is 17.7. The molecule has 35 heavy (non-hydrogen) atoms. The van der Waals surface area contributed by atoms with Crippen molar-refractivity contribution < 1.29 is 38.5 Å². The second kappa shape index (κ2) is 13.4. The first-order valence-electron chi connectivity index (χ1n) is 10.7. The molecule has 0 aliphatic carbocycles. The molecular formula is C24H27ClN2O8. The highest BCUT2D eigenvalue weighted by Crippen LogP contribution is 2.42. The van der Waals surface area contributed by atoms with Gasteiger partial charge in [0.05, 0.1) is 38.2 Å². The van der Waals surface area contributed by atoms with Crippen molar-refractivity contribution in [1.29, 1.82) is 0 Å². The molecule has 1 amide bonds. The number of carbonyl (C=O) groups is 4. The number of methoxy groups -OCH3 is 1. The molecule has 1 aromatic carbocycles. The lowest BCUT2D eigenvalue weighted by atomic mass is 9.75. The van der Waals surface area contributed by atoms with Crippen LogP contribution < -0.4 is 5.32 Å². The largest absolute Gasteiger partial charge is 0.478 e. The molecule has 2 atom stereocenters. The van der Waals surface area contributed by atoms with Gasteiger partial charge in [0, 0.05) is 35.3 Å². The molecule has 188 valence electrons. The highest BCUT2D eigenvalue weighted by Gasteiger charge is 2.43. The molecule has 0 saturated carbocycles. The Labute approximate surface area is 207 Å². The Morgan fingerprint density at radius 1 is 1.20 bits per heavy atom. The molecule has 2 unspecified atom stereocenters. The zero-order valence-corrected chi connectivity index (χ0v) is 20.3. The van der Waals surface area contributed by atoms with E-state index in [1.807, 2.05) is 0 Å². The summed E-state index contributed by atoms with van der Waals surface area (Å²) < 4.78 is 15.9. The Bertz CT molecular complexity index is 1060. The lowest BCUT2D eigenvalue weighted by Gasteiger charge is -2.32. The maximum Gasteiger partial charge on any atom is 0.336 e. The summed E-state index contributed by atoms with van der Waals surface area (Å²) in [5, 5.41) is 11.4. The van der Waals surface area contributed by atoms with Gasteiger partial charge in [0.25, 0.3) is 0 Å². The molecule has 0 aromatic heterocycles. The predicted octanol–water partition coefficient (Wildman–Crippen LogP) is 2.28. The number of rotatable bonds is 11. The number of amides is 1. The minimum absolute atomic E-state index is 0.0536.